The van der Waals surface area contributed by atoms with Crippen LogP contribution in [-0.2, 0) is 10.3 Å². The van der Waals surface area contributed by atoms with Gasteiger partial charge in [0.15, 0.2) is 0 Å². The predicted octanol–water partition coefficient (Wildman–Crippen LogP) is 3.28. The Kier molecular flexibility index (Phi) is 3.85. The van der Waals surface area contributed by atoms with Crippen LogP contribution < -0.4 is 5.73 Å². The van der Waals surface area contributed by atoms with Crippen LogP contribution in [0.4, 0.5) is 0 Å². The molecule has 1 aliphatic rings. The van der Waals surface area contributed by atoms with Crippen LogP contribution in [-0.4, -0.2) is 12.1 Å². The van der Waals surface area contributed by atoms with Crippen molar-refractivity contribution in [2.75, 3.05) is 7.11 Å². The van der Waals surface area contributed by atoms with E-state index in [1.54, 1.807) is 11.3 Å². The van der Waals surface area contributed by atoms with E-state index in [1.165, 1.54) is 24.1 Å². The molecule has 0 bridgehead atoms. The summed E-state index contributed by atoms with van der Waals surface area (Å²) in [4.78, 5) is 5.91. The Morgan fingerprint density at radius 1 is 1.35 bits per heavy atom. The highest BCUT2D eigenvalue weighted by Crippen LogP contribution is 2.42. The molecule has 0 radical (unpaired) electrons. The van der Waals surface area contributed by atoms with Gasteiger partial charge in [-0.05, 0) is 26.7 Å². The van der Waals surface area contributed by atoms with E-state index in [-0.39, 0.29) is 11.6 Å². The van der Waals surface area contributed by atoms with Crippen LogP contribution in [0.15, 0.2) is 0 Å². The van der Waals surface area contributed by atoms with Crippen LogP contribution >= 0.6 is 11.3 Å². The molecule has 0 amide bonds. The van der Waals surface area contributed by atoms with Gasteiger partial charge in [0, 0.05) is 18.0 Å². The zero-order valence-electron chi connectivity index (χ0n) is 11.0. The molecule has 96 valence electrons. The van der Waals surface area contributed by atoms with Gasteiger partial charge in [-0.25, -0.2) is 4.98 Å². The third kappa shape index (κ3) is 2.39. The van der Waals surface area contributed by atoms with Gasteiger partial charge in [-0.3, -0.25) is 0 Å². The van der Waals surface area contributed by atoms with Gasteiger partial charge < -0.3 is 10.5 Å². The molecule has 1 saturated carbocycles. The molecule has 1 atom stereocenters. The highest BCUT2D eigenvalue weighted by Gasteiger charge is 2.37. The lowest BCUT2D eigenvalue weighted by atomic mass is 9.85. The number of hydrogen-bond donors (Lipinski definition) is 1. The minimum Gasteiger partial charge on any atom is -0.371 e. The fourth-order valence-corrected chi connectivity index (χ4v) is 3.90. The molecule has 0 aliphatic heterocycles. The lowest BCUT2D eigenvalue weighted by Crippen LogP contribution is -2.30. The summed E-state index contributed by atoms with van der Waals surface area (Å²) in [6, 6.07) is 0.0683. The Bertz CT molecular complexity index is 381. The Balaban J connectivity index is 2.33. The number of ether oxygens (including phenoxy) is 1. The van der Waals surface area contributed by atoms with Crippen LogP contribution in [0, 0.1) is 6.92 Å². The van der Waals surface area contributed by atoms with Crippen molar-refractivity contribution in [3.8, 4) is 0 Å². The molecule has 2 rings (SSSR count). The SMILES string of the molecule is COC1(c2nc(C)c(C(C)N)s2)CCCCC1. The molecular formula is C13H22N2OS. The maximum Gasteiger partial charge on any atom is 0.125 e. The Morgan fingerprint density at radius 2 is 2.00 bits per heavy atom. The van der Waals surface area contributed by atoms with E-state index in [9.17, 15) is 0 Å². The standard InChI is InChI=1S/C13H22N2OS/c1-9(14)11-10(2)15-12(17-11)13(16-3)7-5-4-6-8-13/h9H,4-8,14H2,1-3H3. The monoisotopic (exact) mass is 254 g/mol. The van der Waals surface area contributed by atoms with Crippen LogP contribution in [0.25, 0.3) is 0 Å². The van der Waals surface area contributed by atoms with Crippen molar-refractivity contribution < 1.29 is 4.74 Å². The maximum absolute atomic E-state index is 5.97. The summed E-state index contributed by atoms with van der Waals surface area (Å²) in [5, 5.41) is 1.13. The second kappa shape index (κ2) is 5.04. The molecule has 1 aromatic heterocycles. The van der Waals surface area contributed by atoms with Gasteiger partial charge >= 0.3 is 0 Å². The van der Waals surface area contributed by atoms with Crippen molar-refractivity contribution in [1.29, 1.82) is 0 Å². The molecule has 4 heteroatoms. The first-order valence-electron chi connectivity index (χ1n) is 6.37. The highest BCUT2D eigenvalue weighted by molar-refractivity contribution is 7.12. The fourth-order valence-electron chi connectivity index (χ4n) is 2.65. The molecule has 17 heavy (non-hydrogen) atoms. The Hall–Kier alpha value is -0.450. The van der Waals surface area contributed by atoms with Crippen LogP contribution in [0.3, 0.4) is 0 Å². The second-order valence-corrected chi connectivity index (χ2v) is 6.05. The highest BCUT2D eigenvalue weighted by atomic mass is 32.1. The smallest absolute Gasteiger partial charge is 0.125 e. The van der Waals surface area contributed by atoms with Gasteiger partial charge in [0.05, 0.1) is 5.69 Å². The molecule has 0 aromatic carbocycles. The number of aromatic nitrogens is 1. The zero-order chi connectivity index (χ0) is 12.5. The quantitative estimate of drug-likeness (QED) is 0.900. The average Bonchev–Trinajstić information content (AvgIpc) is 2.73. The van der Waals surface area contributed by atoms with E-state index in [1.807, 2.05) is 21.0 Å². The summed E-state index contributed by atoms with van der Waals surface area (Å²) in [6.45, 7) is 4.06. The molecule has 2 N–H and O–H groups in total. The maximum atomic E-state index is 5.97. The number of aryl methyl sites for hydroxylation is 1. The molecule has 1 unspecified atom stereocenters. The summed E-state index contributed by atoms with van der Waals surface area (Å²) in [7, 11) is 1.81. The number of nitrogens with zero attached hydrogens (tertiary/aromatic N) is 1. The minimum atomic E-state index is -0.138. The number of thiazole rings is 1. The summed E-state index contributed by atoms with van der Waals surface area (Å²) in [5.41, 5.74) is 6.90. The summed E-state index contributed by atoms with van der Waals surface area (Å²) in [6.07, 6.45) is 5.97. The molecule has 1 aliphatic carbocycles. The summed E-state index contributed by atoms with van der Waals surface area (Å²) in [5.74, 6) is 0. The molecule has 3 nitrogen and oxygen atoms in total. The number of rotatable bonds is 3. The molecule has 1 fully saturated rings. The van der Waals surface area contributed by atoms with E-state index in [0.717, 1.165) is 23.5 Å². The molecule has 1 aromatic rings. The third-order valence-electron chi connectivity index (χ3n) is 3.69. The van der Waals surface area contributed by atoms with E-state index >= 15 is 0 Å². The zero-order valence-corrected chi connectivity index (χ0v) is 11.8. The normalized spacial score (nSPS) is 21.4. The average molecular weight is 254 g/mol. The van der Waals surface area contributed by atoms with Gasteiger partial charge in [-0.1, -0.05) is 19.3 Å². The molecule has 0 spiro atoms. The van der Waals surface area contributed by atoms with Gasteiger partial charge in [0.1, 0.15) is 10.6 Å². The van der Waals surface area contributed by atoms with Gasteiger partial charge in [0.2, 0.25) is 0 Å². The molecular weight excluding hydrogens is 232 g/mol. The Labute approximate surface area is 107 Å². The number of nitrogens with two attached hydrogens (primary N) is 1. The topological polar surface area (TPSA) is 48.1 Å². The lowest BCUT2D eigenvalue weighted by molar-refractivity contribution is -0.0446. The van der Waals surface area contributed by atoms with E-state index in [4.69, 9.17) is 15.5 Å². The summed E-state index contributed by atoms with van der Waals surface area (Å²) < 4.78 is 5.82. The van der Waals surface area contributed by atoms with Crippen molar-refractivity contribution >= 4 is 11.3 Å². The van der Waals surface area contributed by atoms with Gasteiger partial charge in [-0.2, -0.15) is 0 Å². The Morgan fingerprint density at radius 3 is 2.47 bits per heavy atom. The van der Waals surface area contributed by atoms with Crippen molar-refractivity contribution in [3.05, 3.63) is 15.6 Å². The minimum absolute atomic E-state index is 0.0683. The first-order valence-corrected chi connectivity index (χ1v) is 7.19. The first kappa shape index (κ1) is 13.0. The molecule has 0 saturated heterocycles. The van der Waals surface area contributed by atoms with E-state index in [0.29, 0.717) is 0 Å². The van der Waals surface area contributed by atoms with Gasteiger partial charge in [-0.15, -0.1) is 11.3 Å². The third-order valence-corrected chi connectivity index (χ3v) is 5.23. The second-order valence-electron chi connectivity index (χ2n) is 5.02. The first-order chi connectivity index (χ1) is 8.09. The fraction of sp³-hybridized carbons (Fsp3) is 0.769. The molecule has 1 heterocycles. The number of hydrogen-bond acceptors (Lipinski definition) is 4. The van der Waals surface area contributed by atoms with Crippen molar-refractivity contribution in [1.82, 2.24) is 4.98 Å². The summed E-state index contributed by atoms with van der Waals surface area (Å²) >= 11 is 1.74. The van der Waals surface area contributed by atoms with E-state index in [2.05, 4.69) is 0 Å². The van der Waals surface area contributed by atoms with Crippen molar-refractivity contribution in [2.24, 2.45) is 5.73 Å². The lowest BCUT2D eigenvalue weighted by Gasteiger charge is -2.34. The van der Waals surface area contributed by atoms with Crippen molar-refractivity contribution in [3.63, 3.8) is 0 Å². The number of methoxy groups -OCH3 is 1. The van der Waals surface area contributed by atoms with Crippen LogP contribution in [0.5, 0.6) is 0 Å². The predicted molar refractivity (Wildman–Crippen MR) is 71.2 cm³/mol. The van der Waals surface area contributed by atoms with Crippen LogP contribution in [0.2, 0.25) is 0 Å². The van der Waals surface area contributed by atoms with E-state index < -0.39 is 0 Å². The van der Waals surface area contributed by atoms with Crippen LogP contribution in [0.1, 0.15) is 60.6 Å². The van der Waals surface area contributed by atoms with Crippen molar-refractivity contribution in [2.45, 2.75) is 57.6 Å². The van der Waals surface area contributed by atoms with Gasteiger partial charge in [0.25, 0.3) is 0 Å². The largest absolute Gasteiger partial charge is 0.371 e.